The average molecular weight is 599 g/mol. The Labute approximate surface area is 244 Å². The quantitative estimate of drug-likeness (QED) is 0.136. The molecule has 5 aromatic rings. The number of pyridine rings is 1. The maximum Gasteiger partial charge on any atom is 0.257 e. The van der Waals surface area contributed by atoms with Crippen LogP contribution in [0.5, 0.6) is 5.75 Å². The van der Waals surface area contributed by atoms with Gasteiger partial charge in [0.15, 0.2) is 0 Å². The van der Waals surface area contributed by atoms with Crippen LogP contribution in [0.2, 0.25) is 15.1 Å². The van der Waals surface area contributed by atoms with Crippen LogP contribution in [0.25, 0.3) is 10.9 Å². The Morgan fingerprint density at radius 3 is 2.62 bits per heavy atom. The van der Waals surface area contributed by atoms with Crippen molar-refractivity contribution in [3.63, 3.8) is 0 Å². The Balaban J connectivity index is 1.46. The number of hydrogen-bond acceptors (Lipinski definition) is 4. The maximum atomic E-state index is 14.6. The highest BCUT2D eigenvalue weighted by molar-refractivity contribution is 6.35. The number of para-hydroxylation sites is 1. The Morgan fingerprint density at radius 1 is 1.00 bits per heavy atom. The summed E-state index contributed by atoms with van der Waals surface area (Å²) in [5.74, 6) is -0.900. The minimum atomic E-state index is -0.570. The highest BCUT2D eigenvalue weighted by Crippen LogP contribution is 2.27. The smallest absolute Gasteiger partial charge is 0.257 e. The third-order valence-corrected chi connectivity index (χ3v) is 7.53. The minimum absolute atomic E-state index is 0.00405. The number of aromatic hydroxyl groups is 1. The molecule has 2 heterocycles. The van der Waals surface area contributed by atoms with Crippen LogP contribution in [0, 0.1) is 5.82 Å². The van der Waals surface area contributed by atoms with Gasteiger partial charge in [-0.3, -0.25) is 4.79 Å². The van der Waals surface area contributed by atoms with Crippen LogP contribution in [0.15, 0.2) is 83.0 Å². The SMILES string of the molecule is O=c1c(Cc2c(F)cccc2Cl)c(O)c(C=NOCc2ccc(Cl)cc2Cl)cn1CCc1c[nH]c2ccccc12. The van der Waals surface area contributed by atoms with Crippen LogP contribution in [-0.2, 0) is 30.8 Å². The molecule has 0 saturated heterocycles. The molecular formula is C30H23Cl3FN3O3. The summed E-state index contributed by atoms with van der Waals surface area (Å²) in [6, 6.07) is 17.2. The molecule has 40 heavy (non-hydrogen) atoms. The van der Waals surface area contributed by atoms with Crippen LogP contribution in [-0.4, -0.2) is 20.9 Å². The fraction of sp³-hybridized carbons (Fsp3) is 0.133. The predicted octanol–water partition coefficient (Wildman–Crippen LogP) is 7.52. The van der Waals surface area contributed by atoms with Crippen LogP contribution < -0.4 is 5.56 Å². The molecule has 10 heteroatoms. The van der Waals surface area contributed by atoms with Gasteiger partial charge in [-0.2, -0.15) is 0 Å². The lowest BCUT2D eigenvalue weighted by Crippen LogP contribution is -2.26. The van der Waals surface area contributed by atoms with E-state index < -0.39 is 11.4 Å². The second-order valence-electron chi connectivity index (χ2n) is 9.14. The first-order valence-electron chi connectivity index (χ1n) is 12.3. The monoisotopic (exact) mass is 597 g/mol. The molecule has 0 aliphatic carbocycles. The van der Waals surface area contributed by atoms with Gasteiger partial charge in [0, 0.05) is 62.5 Å². The van der Waals surface area contributed by atoms with Crippen LogP contribution in [0.4, 0.5) is 4.39 Å². The van der Waals surface area contributed by atoms with Gasteiger partial charge in [0.2, 0.25) is 0 Å². The van der Waals surface area contributed by atoms with Crippen molar-refractivity contribution in [1.82, 2.24) is 9.55 Å². The summed E-state index contributed by atoms with van der Waals surface area (Å²) >= 11 is 18.4. The molecule has 0 amide bonds. The molecule has 0 spiro atoms. The van der Waals surface area contributed by atoms with Crippen LogP contribution in [0.1, 0.15) is 27.8 Å². The summed E-state index contributed by atoms with van der Waals surface area (Å²) in [7, 11) is 0. The molecule has 0 fully saturated rings. The molecule has 0 bridgehead atoms. The number of benzene rings is 3. The topological polar surface area (TPSA) is 79.6 Å². The number of aryl methyl sites for hydroxylation is 2. The van der Waals surface area contributed by atoms with Gasteiger partial charge in [-0.15, -0.1) is 0 Å². The molecule has 0 aliphatic heterocycles. The summed E-state index contributed by atoms with van der Waals surface area (Å²) in [6.07, 6.45) is 5.05. The lowest BCUT2D eigenvalue weighted by Gasteiger charge is -2.14. The Bertz CT molecular complexity index is 1760. The lowest BCUT2D eigenvalue weighted by molar-refractivity contribution is 0.132. The fourth-order valence-electron chi connectivity index (χ4n) is 4.45. The first kappa shape index (κ1) is 27.8. The van der Waals surface area contributed by atoms with Crippen molar-refractivity contribution in [1.29, 1.82) is 0 Å². The fourth-order valence-corrected chi connectivity index (χ4v) is 5.15. The number of fused-ring (bicyclic) bond motifs is 1. The largest absolute Gasteiger partial charge is 0.507 e. The average Bonchev–Trinajstić information content (AvgIpc) is 3.35. The lowest BCUT2D eigenvalue weighted by atomic mass is 10.0. The second-order valence-corrected chi connectivity index (χ2v) is 10.4. The Hall–Kier alpha value is -3.78. The van der Waals surface area contributed by atoms with Crippen molar-refractivity contribution in [3.05, 3.63) is 132 Å². The number of rotatable bonds is 9. The van der Waals surface area contributed by atoms with Gasteiger partial charge in [0.05, 0.1) is 17.3 Å². The molecule has 2 N–H and O–H groups in total. The van der Waals surface area contributed by atoms with Crippen molar-refractivity contribution in [3.8, 4) is 5.75 Å². The highest BCUT2D eigenvalue weighted by atomic mass is 35.5. The van der Waals surface area contributed by atoms with E-state index in [1.54, 1.807) is 18.2 Å². The van der Waals surface area contributed by atoms with Crippen LogP contribution >= 0.6 is 34.8 Å². The van der Waals surface area contributed by atoms with Gasteiger partial charge in [-0.1, -0.05) is 70.3 Å². The summed E-state index contributed by atoms with van der Waals surface area (Å²) in [6.45, 7) is 0.367. The van der Waals surface area contributed by atoms with E-state index in [1.807, 2.05) is 30.5 Å². The molecule has 0 atom stereocenters. The summed E-state index contributed by atoms with van der Waals surface area (Å²) < 4.78 is 16.1. The second kappa shape index (κ2) is 12.2. The molecule has 6 nitrogen and oxygen atoms in total. The summed E-state index contributed by atoms with van der Waals surface area (Å²) in [5, 5.41) is 17.2. The zero-order valence-electron chi connectivity index (χ0n) is 21.0. The molecule has 5 rings (SSSR count). The van der Waals surface area contributed by atoms with Gasteiger partial charge < -0.3 is 19.5 Å². The number of aromatic amines is 1. The van der Waals surface area contributed by atoms with E-state index in [0.717, 1.165) is 16.5 Å². The number of nitrogens with one attached hydrogen (secondary N) is 1. The number of H-pyrrole nitrogens is 1. The number of hydrogen-bond donors (Lipinski definition) is 2. The third-order valence-electron chi connectivity index (χ3n) is 6.59. The van der Waals surface area contributed by atoms with Gasteiger partial charge in [0.1, 0.15) is 18.2 Å². The first-order valence-corrected chi connectivity index (χ1v) is 13.5. The van der Waals surface area contributed by atoms with Gasteiger partial charge in [0.25, 0.3) is 5.56 Å². The molecule has 0 saturated carbocycles. The number of oxime groups is 1. The first-order chi connectivity index (χ1) is 19.3. The number of nitrogens with zero attached hydrogens (tertiary/aromatic N) is 2. The summed E-state index contributed by atoms with van der Waals surface area (Å²) in [4.78, 5) is 22.1. The molecule has 2 aromatic heterocycles. The zero-order valence-corrected chi connectivity index (χ0v) is 23.3. The van der Waals surface area contributed by atoms with E-state index in [2.05, 4.69) is 10.1 Å². The van der Waals surface area contributed by atoms with E-state index in [-0.39, 0.29) is 40.5 Å². The number of aromatic nitrogens is 2. The van der Waals surface area contributed by atoms with Crippen molar-refractivity contribution in [2.24, 2.45) is 5.16 Å². The van der Waals surface area contributed by atoms with Crippen molar-refractivity contribution < 1.29 is 14.3 Å². The van der Waals surface area contributed by atoms with Gasteiger partial charge >= 0.3 is 0 Å². The summed E-state index contributed by atoms with van der Waals surface area (Å²) in [5.41, 5.74) is 2.58. The number of halogens is 4. The Kier molecular flexibility index (Phi) is 8.45. The van der Waals surface area contributed by atoms with Crippen molar-refractivity contribution >= 4 is 51.9 Å². The van der Waals surface area contributed by atoms with E-state index in [0.29, 0.717) is 28.6 Å². The molecule has 3 aromatic carbocycles. The van der Waals surface area contributed by atoms with E-state index in [9.17, 15) is 14.3 Å². The highest BCUT2D eigenvalue weighted by Gasteiger charge is 2.19. The Morgan fingerprint density at radius 2 is 1.82 bits per heavy atom. The predicted molar refractivity (Wildman–Crippen MR) is 157 cm³/mol. The maximum absolute atomic E-state index is 14.6. The standard InChI is InChI=1S/C30H23Cl3FN3O3/c31-21-9-8-19(26(33)12-21)17-40-36-15-20-16-37(11-10-18-14-35-28-7-2-1-4-22(18)28)30(39)24(29(20)38)13-23-25(32)5-3-6-27(23)34/h1-9,12,14-16,35,38H,10-11,13,17H2. The molecule has 0 aliphatic rings. The molecule has 0 radical (unpaired) electrons. The van der Waals surface area contributed by atoms with E-state index in [4.69, 9.17) is 39.6 Å². The normalized spacial score (nSPS) is 11.5. The third kappa shape index (κ3) is 6.02. The minimum Gasteiger partial charge on any atom is -0.507 e. The molecule has 0 unspecified atom stereocenters. The van der Waals surface area contributed by atoms with Gasteiger partial charge in [-0.25, -0.2) is 4.39 Å². The zero-order chi connectivity index (χ0) is 28.2. The van der Waals surface area contributed by atoms with E-state index in [1.165, 1.54) is 35.2 Å². The molecule has 204 valence electrons. The van der Waals surface area contributed by atoms with E-state index >= 15 is 0 Å². The van der Waals surface area contributed by atoms with Crippen molar-refractivity contribution in [2.45, 2.75) is 26.0 Å². The van der Waals surface area contributed by atoms with Crippen molar-refractivity contribution in [2.75, 3.05) is 0 Å². The molecular weight excluding hydrogens is 576 g/mol. The van der Waals surface area contributed by atoms with Gasteiger partial charge in [-0.05, 0) is 42.3 Å². The van der Waals surface area contributed by atoms with Crippen LogP contribution in [0.3, 0.4) is 0 Å².